The molecule has 6 nitrogen and oxygen atoms in total. The lowest BCUT2D eigenvalue weighted by molar-refractivity contribution is -0.116. The second-order valence-electron chi connectivity index (χ2n) is 7.60. The molecule has 1 amide bonds. The number of halogens is 2. The van der Waals surface area contributed by atoms with Crippen LogP contribution in [0.15, 0.2) is 42.5 Å². The number of nitrogens with one attached hydrogen (secondary N) is 1. The van der Waals surface area contributed by atoms with E-state index in [0.717, 1.165) is 54.6 Å². The van der Waals surface area contributed by atoms with Crippen molar-refractivity contribution in [1.82, 2.24) is 4.90 Å². The number of ether oxygens (including phenoxy) is 1. The SMILES string of the molecule is Cl.O=C1CCc2cc(OCC(O)CN3CCN(c4ccc(Cl)cc4)CC3)ccc2N1. The molecule has 1 unspecified atom stereocenters. The lowest BCUT2D eigenvalue weighted by atomic mass is 10.0. The number of hydrogen-bond acceptors (Lipinski definition) is 5. The molecule has 1 atom stereocenters. The first-order valence-electron chi connectivity index (χ1n) is 10.0. The van der Waals surface area contributed by atoms with Gasteiger partial charge in [-0.15, -0.1) is 12.4 Å². The van der Waals surface area contributed by atoms with Crippen LogP contribution in [0.3, 0.4) is 0 Å². The van der Waals surface area contributed by atoms with Gasteiger partial charge in [0.1, 0.15) is 18.5 Å². The molecular weight excluding hydrogens is 425 g/mol. The van der Waals surface area contributed by atoms with Gasteiger partial charge in [0.05, 0.1) is 0 Å². The summed E-state index contributed by atoms with van der Waals surface area (Å²) in [5, 5.41) is 14.0. The fourth-order valence-electron chi connectivity index (χ4n) is 3.83. The van der Waals surface area contributed by atoms with Gasteiger partial charge in [-0.05, 0) is 54.4 Å². The summed E-state index contributed by atoms with van der Waals surface area (Å²) in [6, 6.07) is 13.6. The molecule has 0 radical (unpaired) electrons. The van der Waals surface area contributed by atoms with Gasteiger partial charge in [0.15, 0.2) is 0 Å². The highest BCUT2D eigenvalue weighted by Crippen LogP contribution is 2.27. The van der Waals surface area contributed by atoms with E-state index in [1.165, 1.54) is 5.69 Å². The van der Waals surface area contributed by atoms with Crippen LogP contribution in [0.1, 0.15) is 12.0 Å². The number of hydrogen-bond donors (Lipinski definition) is 2. The smallest absolute Gasteiger partial charge is 0.224 e. The Morgan fingerprint density at radius 2 is 1.80 bits per heavy atom. The van der Waals surface area contributed by atoms with Crippen LogP contribution in [0, 0.1) is 0 Å². The number of amides is 1. The van der Waals surface area contributed by atoms with Crippen molar-refractivity contribution < 1.29 is 14.6 Å². The van der Waals surface area contributed by atoms with Crippen LogP contribution < -0.4 is 15.0 Å². The topological polar surface area (TPSA) is 65.0 Å². The number of nitrogens with zero attached hydrogens (tertiary/aromatic N) is 2. The number of aryl methyl sites for hydroxylation is 1. The molecule has 0 aromatic heterocycles. The molecule has 0 aliphatic carbocycles. The summed E-state index contributed by atoms with van der Waals surface area (Å²) < 4.78 is 5.79. The highest BCUT2D eigenvalue weighted by atomic mass is 35.5. The van der Waals surface area contributed by atoms with Crippen LogP contribution >= 0.6 is 24.0 Å². The van der Waals surface area contributed by atoms with Crippen molar-refractivity contribution in [3.8, 4) is 5.75 Å². The summed E-state index contributed by atoms with van der Waals surface area (Å²) in [4.78, 5) is 16.0. The quantitative estimate of drug-likeness (QED) is 0.705. The average Bonchev–Trinajstić information content (AvgIpc) is 2.73. The number of β-amino-alcohol motifs (C(OH)–C–C–N with tert-alkyl or cyclic N) is 1. The number of aliphatic hydroxyl groups excluding tert-OH is 1. The van der Waals surface area contributed by atoms with Crippen LogP contribution in [0.2, 0.25) is 5.02 Å². The van der Waals surface area contributed by atoms with Gasteiger partial charge in [0, 0.05) is 55.5 Å². The predicted molar refractivity (Wildman–Crippen MR) is 122 cm³/mol. The van der Waals surface area contributed by atoms with E-state index in [-0.39, 0.29) is 24.9 Å². The van der Waals surface area contributed by atoms with Gasteiger partial charge >= 0.3 is 0 Å². The van der Waals surface area contributed by atoms with E-state index in [2.05, 4.69) is 15.1 Å². The Bertz CT molecular complexity index is 855. The van der Waals surface area contributed by atoms with E-state index in [4.69, 9.17) is 16.3 Å². The van der Waals surface area contributed by atoms with Crippen molar-refractivity contribution in [1.29, 1.82) is 0 Å². The third-order valence-electron chi connectivity index (χ3n) is 5.45. The molecule has 0 spiro atoms. The van der Waals surface area contributed by atoms with E-state index in [9.17, 15) is 9.90 Å². The molecule has 1 fully saturated rings. The van der Waals surface area contributed by atoms with Crippen molar-refractivity contribution in [2.45, 2.75) is 18.9 Å². The lowest BCUT2D eigenvalue weighted by Gasteiger charge is -2.36. The molecule has 162 valence electrons. The Hall–Kier alpha value is -1.99. The molecule has 4 rings (SSSR count). The number of carbonyl (C=O) groups is 1. The van der Waals surface area contributed by atoms with Gasteiger partial charge < -0.3 is 20.1 Å². The standard InChI is InChI=1S/C22H26ClN3O3.ClH/c23-17-2-4-18(5-3-17)26-11-9-25(10-12-26)14-19(27)15-29-20-6-7-21-16(13-20)1-8-22(28)24-21;/h2-7,13,19,27H,1,8-12,14-15H2,(H,24,28);1H. The Morgan fingerprint density at radius 3 is 2.53 bits per heavy atom. The number of aliphatic hydroxyl groups is 1. The predicted octanol–water partition coefficient (Wildman–Crippen LogP) is 3.21. The minimum absolute atomic E-state index is 0. The zero-order valence-corrected chi connectivity index (χ0v) is 18.3. The summed E-state index contributed by atoms with van der Waals surface area (Å²) >= 11 is 5.96. The number of fused-ring (bicyclic) bond motifs is 1. The normalized spacial score (nSPS) is 17.5. The Morgan fingerprint density at radius 1 is 1.07 bits per heavy atom. The largest absolute Gasteiger partial charge is 0.491 e. The molecule has 2 aromatic rings. The zero-order valence-electron chi connectivity index (χ0n) is 16.7. The monoisotopic (exact) mass is 451 g/mol. The second-order valence-corrected chi connectivity index (χ2v) is 8.03. The molecule has 1 saturated heterocycles. The first-order valence-corrected chi connectivity index (χ1v) is 10.4. The molecule has 0 bridgehead atoms. The van der Waals surface area contributed by atoms with Crippen molar-refractivity contribution >= 4 is 41.3 Å². The van der Waals surface area contributed by atoms with Crippen molar-refractivity contribution in [3.05, 3.63) is 53.1 Å². The van der Waals surface area contributed by atoms with E-state index < -0.39 is 6.10 Å². The van der Waals surface area contributed by atoms with E-state index in [1.54, 1.807) is 0 Å². The molecule has 2 aliphatic rings. The fraction of sp³-hybridized carbons (Fsp3) is 0.409. The number of anilines is 2. The first kappa shape index (κ1) is 22.7. The second kappa shape index (κ2) is 10.4. The van der Waals surface area contributed by atoms with Gasteiger partial charge in [0.2, 0.25) is 5.91 Å². The maximum atomic E-state index is 11.4. The van der Waals surface area contributed by atoms with Crippen LogP contribution in [-0.4, -0.2) is 61.3 Å². The first-order chi connectivity index (χ1) is 14.1. The van der Waals surface area contributed by atoms with Crippen LogP contribution in [0.25, 0.3) is 0 Å². The Kier molecular flexibility index (Phi) is 7.83. The number of rotatable bonds is 6. The highest BCUT2D eigenvalue weighted by Gasteiger charge is 2.20. The average molecular weight is 452 g/mol. The van der Waals surface area contributed by atoms with E-state index >= 15 is 0 Å². The summed E-state index contributed by atoms with van der Waals surface area (Å²) in [7, 11) is 0. The third-order valence-corrected chi connectivity index (χ3v) is 5.70. The Labute approximate surface area is 188 Å². The molecule has 0 saturated carbocycles. The van der Waals surface area contributed by atoms with Crippen molar-refractivity contribution in [2.75, 3.05) is 49.5 Å². The fourth-order valence-corrected chi connectivity index (χ4v) is 3.96. The molecule has 2 aromatic carbocycles. The third kappa shape index (κ3) is 5.79. The molecule has 2 aliphatic heterocycles. The zero-order chi connectivity index (χ0) is 20.2. The molecular formula is C22H27Cl2N3O3. The maximum absolute atomic E-state index is 11.4. The van der Waals surface area contributed by atoms with Gasteiger partial charge in [-0.3, -0.25) is 9.69 Å². The molecule has 30 heavy (non-hydrogen) atoms. The highest BCUT2D eigenvalue weighted by molar-refractivity contribution is 6.30. The lowest BCUT2D eigenvalue weighted by Crippen LogP contribution is -2.49. The van der Waals surface area contributed by atoms with Crippen LogP contribution in [0.4, 0.5) is 11.4 Å². The minimum Gasteiger partial charge on any atom is -0.491 e. The minimum atomic E-state index is -0.548. The summed E-state index contributed by atoms with van der Waals surface area (Å²) in [6.07, 6.45) is 0.674. The van der Waals surface area contributed by atoms with Crippen LogP contribution in [0.5, 0.6) is 5.75 Å². The number of carbonyl (C=O) groups excluding carboxylic acids is 1. The van der Waals surface area contributed by atoms with Gasteiger partial charge in [-0.2, -0.15) is 0 Å². The summed E-state index contributed by atoms with van der Waals surface area (Å²) in [5.74, 6) is 0.782. The Balaban J connectivity index is 0.00000256. The van der Waals surface area contributed by atoms with Crippen molar-refractivity contribution in [3.63, 3.8) is 0 Å². The van der Waals surface area contributed by atoms with Gasteiger partial charge in [-0.25, -0.2) is 0 Å². The van der Waals surface area contributed by atoms with Gasteiger partial charge in [-0.1, -0.05) is 11.6 Å². The molecule has 2 heterocycles. The van der Waals surface area contributed by atoms with Crippen molar-refractivity contribution in [2.24, 2.45) is 0 Å². The number of benzene rings is 2. The van der Waals surface area contributed by atoms with Gasteiger partial charge in [0.25, 0.3) is 0 Å². The molecule has 2 N–H and O–H groups in total. The molecule has 8 heteroatoms. The summed E-state index contributed by atoms with van der Waals surface area (Å²) in [6.45, 7) is 4.49. The van der Waals surface area contributed by atoms with E-state index in [0.29, 0.717) is 13.0 Å². The summed E-state index contributed by atoms with van der Waals surface area (Å²) in [5.41, 5.74) is 3.11. The maximum Gasteiger partial charge on any atom is 0.224 e. The van der Waals surface area contributed by atoms with Crippen LogP contribution in [-0.2, 0) is 11.2 Å². The van der Waals surface area contributed by atoms with E-state index in [1.807, 2.05) is 42.5 Å². The number of piperazine rings is 1.